The molecule has 1 saturated heterocycles. The molecule has 0 atom stereocenters. The SMILES string of the molecule is CC1(C)CCCN(CCNCCc2cccs2)C1. The normalized spacial score (nSPS) is 20.1. The van der Waals surface area contributed by atoms with Crippen LogP contribution in [0.3, 0.4) is 0 Å². The maximum Gasteiger partial charge on any atom is 0.0107 e. The minimum absolute atomic E-state index is 0.523. The molecule has 0 saturated carbocycles. The van der Waals surface area contributed by atoms with Crippen LogP contribution in [-0.4, -0.2) is 37.6 Å². The van der Waals surface area contributed by atoms with Gasteiger partial charge in [0.05, 0.1) is 0 Å². The molecule has 1 aliphatic rings. The second-order valence-electron chi connectivity index (χ2n) is 6.12. The minimum atomic E-state index is 0.523. The zero-order valence-electron chi connectivity index (χ0n) is 11.7. The van der Waals surface area contributed by atoms with Gasteiger partial charge in [0.25, 0.3) is 0 Å². The van der Waals surface area contributed by atoms with Crippen LogP contribution in [0.4, 0.5) is 0 Å². The second-order valence-corrected chi connectivity index (χ2v) is 7.16. The third-order valence-electron chi connectivity index (χ3n) is 3.71. The van der Waals surface area contributed by atoms with Crippen molar-refractivity contribution in [3.8, 4) is 0 Å². The Labute approximate surface area is 115 Å². The molecule has 3 heteroatoms. The molecule has 1 aliphatic heterocycles. The Morgan fingerprint density at radius 1 is 1.39 bits per heavy atom. The Morgan fingerprint density at radius 2 is 2.28 bits per heavy atom. The summed E-state index contributed by atoms with van der Waals surface area (Å²) < 4.78 is 0. The third-order valence-corrected chi connectivity index (χ3v) is 4.65. The fraction of sp³-hybridized carbons (Fsp3) is 0.733. The van der Waals surface area contributed by atoms with E-state index in [1.165, 1.54) is 43.8 Å². The number of nitrogens with one attached hydrogen (secondary N) is 1. The first-order chi connectivity index (χ1) is 8.66. The number of likely N-dealkylation sites (tertiary alicyclic amines) is 1. The molecule has 0 amide bonds. The molecule has 2 heterocycles. The molecule has 0 aromatic carbocycles. The van der Waals surface area contributed by atoms with Gasteiger partial charge in [0, 0.05) is 31.1 Å². The molecule has 1 N–H and O–H groups in total. The number of thiophene rings is 1. The average molecular weight is 266 g/mol. The Hall–Kier alpha value is -0.380. The monoisotopic (exact) mass is 266 g/mol. The van der Waals surface area contributed by atoms with Gasteiger partial charge in [-0.2, -0.15) is 0 Å². The highest BCUT2D eigenvalue weighted by Gasteiger charge is 2.25. The molecule has 1 aromatic rings. The van der Waals surface area contributed by atoms with E-state index in [0.29, 0.717) is 5.41 Å². The summed E-state index contributed by atoms with van der Waals surface area (Å²) in [6, 6.07) is 4.36. The molecule has 1 aromatic heterocycles. The summed E-state index contributed by atoms with van der Waals surface area (Å²) in [7, 11) is 0. The smallest absolute Gasteiger partial charge is 0.0107 e. The molecule has 0 aliphatic carbocycles. The maximum absolute atomic E-state index is 3.56. The van der Waals surface area contributed by atoms with E-state index in [2.05, 4.69) is 41.6 Å². The van der Waals surface area contributed by atoms with E-state index in [1.54, 1.807) is 0 Å². The fourth-order valence-electron chi connectivity index (χ4n) is 2.76. The van der Waals surface area contributed by atoms with Crippen molar-refractivity contribution in [2.75, 3.05) is 32.7 Å². The van der Waals surface area contributed by atoms with Crippen molar-refractivity contribution in [3.05, 3.63) is 22.4 Å². The van der Waals surface area contributed by atoms with Crippen LogP contribution in [0.1, 0.15) is 31.6 Å². The highest BCUT2D eigenvalue weighted by atomic mass is 32.1. The summed E-state index contributed by atoms with van der Waals surface area (Å²) in [5, 5.41) is 5.72. The van der Waals surface area contributed by atoms with Crippen molar-refractivity contribution in [1.82, 2.24) is 10.2 Å². The third kappa shape index (κ3) is 4.71. The number of hydrogen-bond acceptors (Lipinski definition) is 3. The van der Waals surface area contributed by atoms with E-state index in [1.807, 2.05) is 11.3 Å². The first-order valence-corrected chi connectivity index (χ1v) is 7.99. The standard InChI is InChI=1S/C15H26N2S/c1-15(2)7-4-10-17(13-15)11-9-16-8-6-14-5-3-12-18-14/h3,5,12,16H,4,6-11,13H2,1-2H3. The minimum Gasteiger partial charge on any atom is -0.315 e. The van der Waals surface area contributed by atoms with Gasteiger partial charge in [0.2, 0.25) is 0 Å². The zero-order chi connectivity index (χ0) is 12.8. The van der Waals surface area contributed by atoms with E-state index >= 15 is 0 Å². The van der Waals surface area contributed by atoms with Crippen molar-refractivity contribution in [1.29, 1.82) is 0 Å². The lowest BCUT2D eigenvalue weighted by Crippen LogP contribution is -2.43. The Bertz CT molecular complexity index is 332. The van der Waals surface area contributed by atoms with Crippen LogP contribution < -0.4 is 5.32 Å². The lowest BCUT2D eigenvalue weighted by molar-refractivity contribution is 0.118. The summed E-state index contributed by atoms with van der Waals surface area (Å²) in [4.78, 5) is 4.10. The van der Waals surface area contributed by atoms with Crippen LogP contribution in [0, 0.1) is 5.41 Å². The van der Waals surface area contributed by atoms with E-state index in [4.69, 9.17) is 0 Å². The molecule has 0 bridgehead atoms. The summed E-state index contributed by atoms with van der Waals surface area (Å²) in [6.07, 6.45) is 3.92. The molecule has 2 nitrogen and oxygen atoms in total. The van der Waals surface area contributed by atoms with E-state index in [0.717, 1.165) is 13.1 Å². The van der Waals surface area contributed by atoms with Crippen molar-refractivity contribution < 1.29 is 0 Å². The van der Waals surface area contributed by atoms with Gasteiger partial charge in [-0.15, -0.1) is 11.3 Å². The highest BCUT2D eigenvalue weighted by Crippen LogP contribution is 2.27. The maximum atomic E-state index is 3.56. The van der Waals surface area contributed by atoms with Crippen LogP contribution >= 0.6 is 11.3 Å². The van der Waals surface area contributed by atoms with Gasteiger partial charge >= 0.3 is 0 Å². The highest BCUT2D eigenvalue weighted by molar-refractivity contribution is 7.09. The summed E-state index contributed by atoms with van der Waals surface area (Å²) >= 11 is 1.86. The number of nitrogens with zero attached hydrogens (tertiary/aromatic N) is 1. The molecule has 0 radical (unpaired) electrons. The lowest BCUT2D eigenvalue weighted by atomic mass is 9.84. The first-order valence-electron chi connectivity index (χ1n) is 7.11. The molecule has 0 unspecified atom stereocenters. The zero-order valence-corrected chi connectivity index (χ0v) is 12.6. The van der Waals surface area contributed by atoms with E-state index in [-0.39, 0.29) is 0 Å². The quantitative estimate of drug-likeness (QED) is 0.796. The topological polar surface area (TPSA) is 15.3 Å². The fourth-order valence-corrected chi connectivity index (χ4v) is 3.47. The van der Waals surface area contributed by atoms with Crippen molar-refractivity contribution in [2.45, 2.75) is 33.1 Å². The summed E-state index contributed by atoms with van der Waals surface area (Å²) in [6.45, 7) is 10.8. The largest absolute Gasteiger partial charge is 0.315 e. The number of piperidine rings is 1. The van der Waals surface area contributed by atoms with Crippen molar-refractivity contribution in [2.24, 2.45) is 5.41 Å². The Balaban J connectivity index is 1.55. The average Bonchev–Trinajstić information content (AvgIpc) is 2.80. The number of rotatable bonds is 6. The molecular weight excluding hydrogens is 240 g/mol. The van der Waals surface area contributed by atoms with Gasteiger partial charge in [-0.3, -0.25) is 0 Å². The Kier molecular flexibility index (Phi) is 5.22. The van der Waals surface area contributed by atoms with Crippen molar-refractivity contribution >= 4 is 11.3 Å². The van der Waals surface area contributed by atoms with Crippen LogP contribution in [0.15, 0.2) is 17.5 Å². The number of hydrogen-bond donors (Lipinski definition) is 1. The van der Waals surface area contributed by atoms with Gasteiger partial charge in [-0.1, -0.05) is 19.9 Å². The second kappa shape index (κ2) is 6.69. The van der Waals surface area contributed by atoms with Crippen molar-refractivity contribution in [3.63, 3.8) is 0 Å². The van der Waals surface area contributed by atoms with Crippen LogP contribution in [-0.2, 0) is 6.42 Å². The van der Waals surface area contributed by atoms with Gasteiger partial charge in [0.15, 0.2) is 0 Å². The predicted molar refractivity (Wildman–Crippen MR) is 80.3 cm³/mol. The van der Waals surface area contributed by atoms with Crippen LogP contribution in [0.5, 0.6) is 0 Å². The Morgan fingerprint density at radius 3 is 3.00 bits per heavy atom. The lowest BCUT2D eigenvalue weighted by Gasteiger charge is -2.38. The summed E-state index contributed by atoms with van der Waals surface area (Å²) in [5.74, 6) is 0. The van der Waals surface area contributed by atoms with Crippen LogP contribution in [0.25, 0.3) is 0 Å². The van der Waals surface area contributed by atoms with Gasteiger partial charge in [-0.25, -0.2) is 0 Å². The molecule has 2 rings (SSSR count). The van der Waals surface area contributed by atoms with E-state index < -0.39 is 0 Å². The van der Waals surface area contributed by atoms with Gasteiger partial charge in [-0.05, 0) is 42.7 Å². The van der Waals surface area contributed by atoms with Crippen LogP contribution in [0.2, 0.25) is 0 Å². The van der Waals surface area contributed by atoms with Gasteiger partial charge < -0.3 is 10.2 Å². The predicted octanol–water partition coefficient (Wildman–Crippen LogP) is 3.00. The molecule has 18 heavy (non-hydrogen) atoms. The summed E-state index contributed by atoms with van der Waals surface area (Å²) in [5.41, 5.74) is 0.523. The molecule has 0 spiro atoms. The van der Waals surface area contributed by atoms with Gasteiger partial charge in [0.1, 0.15) is 0 Å². The van der Waals surface area contributed by atoms with E-state index in [9.17, 15) is 0 Å². The molecular formula is C15H26N2S. The molecule has 102 valence electrons. The first kappa shape index (κ1) is 14.0. The molecule has 1 fully saturated rings.